The second-order valence-electron chi connectivity index (χ2n) is 2.97. The molecule has 1 unspecified atom stereocenters. The number of hydrogen-bond donors (Lipinski definition) is 2. The summed E-state index contributed by atoms with van der Waals surface area (Å²) in [7, 11) is 0. The van der Waals surface area contributed by atoms with Crippen LogP contribution in [0.25, 0.3) is 0 Å². The van der Waals surface area contributed by atoms with Gasteiger partial charge in [-0.15, -0.1) is 0 Å². The van der Waals surface area contributed by atoms with Gasteiger partial charge in [-0.1, -0.05) is 33.1 Å². The third-order valence-corrected chi connectivity index (χ3v) is 1.72. The van der Waals surface area contributed by atoms with E-state index in [2.05, 4.69) is 19.2 Å². The standard InChI is InChI=1S/C9H21NO/c1-3-5-6-8-10-9(11)7-4-2/h9-11H,3-8H2,1-2H3. The molecule has 1 atom stereocenters. The van der Waals surface area contributed by atoms with Gasteiger partial charge >= 0.3 is 0 Å². The van der Waals surface area contributed by atoms with Crippen LogP contribution < -0.4 is 5.32 Å². The lowest BCUT2D eigenvalue weighted by Crippen LogP contribution is -2.29. The van der Waals surface area contributed by atoms with E-state index in [1.807, 2.05) is 0 Å². The molecular weight excluding hydrogens is 138 g/mol. The Kier molecular flexibility index (Phi) is 7.96. The summed E-state index contributed by atoms with van der Waals surface area (Å²) in [6.45, 7) is 5.22. The lowest BCUT2D eigenvalue weighted by atomic mass is 10.2. The van der Waals surface area contributed by atoms with Crippen molar-refractivity contribution in [2.45, 2.75) is 52.2 Å². The first-order valence-electron chi connectivity index (χ1n) is 4.72. The van der Waals surface area contributed by atoms with Gasteiger partial charge in [0, 0.05) is 0 Å². The molecule has 0 radical (unpaired) electrons. The maximum Gasteiger partial charge on any atom is 0.104 e. The average molecular weight is 159 g/mol. The van der Waals surface area contributed by atoms with E-state index in [9.17, 15) is 5.11 Å². The Bertz CT molecular complexity index is 76.0. The van der Waals surface area contributed by atoms with Crippen LogP contribution in [0.3, 0.4) is 0 Å². The predicted molar refractivity (Wildman–Crippen MR) is 48.4 cm³/mol. The molecule has 2 N–H and O–H groups in total. The number of hydrogen-bond acceptors (Lipinski definition) is 2. The molecule has 0 heterocycles. The number of aliphatic hydroxyl groups excluding tert-OH is 1. The number of rotatable bonds is 7. The van der Waals surface area contributed by atoms with Gasteiger partial charge in [0.05, 0.1) is 0 Å². The van der Waals surface area contributed by atoms with Gasteiger partial charge in [-0.25, -0.2) is 0 Å². The summed E-state index contributed by atoms with van der Waals surface area (Å²) >= 11 is 0. The number of nitrogens with one attached hydrogen (secondary N) is 1. The van der Waals surface area contributed by atoms with Crippen molar-refractivity contribution in [1.82, 2.24) is 5.32 Å². The van der Waals surface area contributed by atoms with Gasteiger partial charge in [0.15, 0.2) is 0 Å². The highest BCUT2D eigenvalue weighted by atomic mass is 16.3. The Morgan fingerprint density at radius 2 is 1.91 bits per heavy atom. The van der Waals surface area contributed by atoms with Gasteiger partial charge in [-0.05, 0) is 19.4 Å². The van der Waals surface area contributed by atoms with Crippen molar-refractivity contribution in [1.29, 1.82) is 0 Å². The van der Waals surface area contributed by atoms with Crippen LogP contribution in [0.5, 0.6) is 0 Å². The van der Waals surface area contributed by atoms with E-state index in [1.165, 1.54) is 19.3 Å². The smallest absolute Gasteiger partial charge is 0.104 e. The Morgan fingerprint density at radius 1 is 1.18 bits per heavy atom. The van der Waals surface area contributed by atoms with E-state index in [-0.39, 0.29) is 6.23 Å². The summed E-state index contributed by atoms with van der Waals surface area (Å²) in [5.41, 5.74) is 0. The Morgan fingerprint density at radius 3 is 2.45 bits per heavy atom. The molecule has 0 bridgehead atoms. The van der Waals surface area contributed by atoms with Crippen LogP contribution in [-0.2, 0) is 0 Å². The number of aliphatic hydroxyl groups is 1. The zero-order valence-corrected chi connectivity index (χ0v) is 7.77. The second-order valence-corrected chi connectivity index (χ2v) is 2.97. The summed E-state index contributed by atoms with van der Waals surface area (Å²) in [4.78, 5) is 0. The van der Waals surface area contributed by atoms with Crippen LogP contribution in [0.2, 0.25) is 0 Å². The van der Waals surface area contributed by atoms with E-state index in [0.29, 0.717) is 0 Å². The molecule has 0 amide bonds. The summed E-state index contributed by atoms with van der Waals surface area (Å²) in [6.07, 6.45) is 5.31. The largest absolute Gasteiger partial charge is 0.379 e. The zero-order chi connectivity index (χ0) is 8.53. The van der Waals surface area contributed by atoms with E-state index in [4.69, 9.17) is 0 Å². The molecule has 0 aliphatic rings. The molecule has 0 aliphatic carbocycles. The van der Waals surface area contributed by atoms with Crippen molar-refractivity contribution in [3.63, 3.8) is 0 Å². The summed E-state index contributed by atoms with van der Waals surface area (Å²) in [5.74, 6) is 0. The van der Waals surface area contributed by atoms with Crippen molar-refractivity contribution >= 4 is 0 Å². The average Bonchev–Trinajstić information content (AvgIpc) is 1.99. The van der Waals surface area contributed by atoms with Gasteiger partial charge in [-0.2, -0.15) is 0 Å². The highest BCUT2D eigenvalue weighted by molar-refractivity contribution is 4.52. The van der Waals surface area contributed by atoms with E-state index >= 15 is 0 Å². The minimum Gasteiger partial charge on any atom is -0.379 e. The minimum atomic E-state index is -0.281. The molecule has 0 spiro atoms. The SMILES string of the molecule is CCCCCNC(O)CCC. The van der Waals surface area contributed by atoms with Gasteiger partial charge in [0.2, 0.25) is 0 Å². The molecule has 0 aromatic rings. The third-order valence-electron chi connectivity index (χ3n) is 1.72. The first-order valence-corrected chi connectivity index (χ1v) is 4.72. The fraction of sp³-hybridized carbons (Fsp3) is 1.00. The summed E-state index contributed by atoms with van der Waals surface area (Å²) in [5, 5.41) is 12.3. The molecule has 0 aromatic carbocycles. The second kappa shape index (κ2) is 8.02. The van der Waals surface area contributed by atoms with Crippen LogP contribution in [-0.4, -0.2) is 17.9 Å². The Hall–Kier alpha value is -0.0800. The highest BCUT2D eigenvalue weighted by Gasteiger charge is 1.98. The minimum absolute atomic E-state index is 0.281. The molecule has 68 valence electrons. The first-order chi connectivity index (χ1) is 5.31. The topological polar surface area (TPSA) is 32.3 Å². The first kappa shape index (κ1) is 10.9. The lowest BCUT2D eigenvalue weighted by molar-refractivity contribution is 0.126. The van der Waals surface area contributed by atoms with Gasteiger partial charge in [-0.3, -0.25) is 5.32 Å². The molecule has 0 aliphatic heterocycles. The fourth-order valence-corrected chi connectivity index (χ4v) is 1.02. The van der Waals surface area contributed by atoms with Crippen molar-refractivity contribution in [3.05, 3.63) is 0 Å². The Labute approximate surface area is 70.0 Å². The van der Waals surface area contributed by atoms with E-state index < -0.39 is 0 Å². The maximum absolute atomic E-state index is 9.24. The molecular formula is C9H21NO. The monoisotopic (exact) mass is 159 g/mol. The lowest BCUT2D eigenvalue weighted by Gasteiger charge is -2.10. The van der Waals surface area contributed by atoms with Crippen LogP contribution in [0, 0.1) is 0 Å². The molecule has 0 rings (SSSR count). The zero-order valence-electron chi connectivity index (χ0n) is 7.77. The van der Waals surface area contributed by atoms with Crippen LogP contribution in [0.1, 0.15) is 46.0 Å². The Balaban J connectivity index is 2.97. The van der Waals surface area contributed by atoms with Gasteiger partial charge < -0.3 is 5.11 Å². The predicted octanol–water partition coefficient (Wildman–Crippen LogP) is 1.88. The van der Waals surface area contributed by atoms with Crippen molar-refractivity contribution in [3.8, 4) is 0 Å². The van der Waals surface area contributed by atoms with Crippen LogP contribution >= 0.6 is 0 Å². The van der Waals surface area contributed by atoms with Crippen molar-refractivity contribution in [2.24, 2.45) is 0 Å². The molecule has 2 nitrogen and oxygen atoms in total. The third kappa shape index (κ3) is 7.82. The molecule has 11 heavy (non-hydrogen) atoms. The summed E-state index contributed by atoms with van der Waals surface area (Å²) in [6, 6.07) is 0. The molecule has 0 fully saturated rings. The summed E-state index contributed by atoms with van der Waals surface area (Å²) < 4.78 is 0. The van der Waals surface area contributed by atoms with Crippen LogP contribution in [0.4, 0.5) is 0 Å². The van der Waals surface area contributed by atoms with E-state index in [1.54, 1.807) is 0 Å². The highest BCUT2D eigenvalue weighted by Crippen LogP contribution is 1.94. The molecule has 0 saturated carbocycles. The molecule has 2 heteroatoms. The van der Waals surface area contributed by atoms with Crippen LogP contribution in [0.15, 0.2) is 0 Å². The van der Waals surface area contributed by atoms with Crippen molar-refractivity contribution in [2.75, 3.05) is 6.54 Å². The molecule has 0 saturated heterocycles. The maximum atomic E-state index is 9.24. The molecule has 0 aromatic heterocycles. The normalized spacial score (nSPS) is 13.4. The van der Waals surface area contributed by atoms with Gasteiger partial charge in [0.25, 0.3) is 0 Å². The van der Waals surface area contributed by atoms with Gasteiger partial charge in [0.1, 0.15) is 6.23 Å². The number of unbranched alkanes of at least 4 members (excludes halogenated alkanes) is 2. The van der Waals surface area contributed by atoms with E-state index in [0.717, 1.165) is 19.4 Å². The quantitative estimate of drug-likeness (QED) is 0.439. The van der Waals surface area contributed by atoms with Crippen molar-refractivity contribution < 1.29 is 5.11 Å². The fourth-order valence-electron chi connectivity index (χ4n) is 1.02.